The molecule has 0 fully saturated rings. The molecule has 0 spiro atoms. The Bertz CT molecular complexity index is 1800. The second-order valence-corrected chi connectivity index (χ2v) is 11.2. The molecule has 0 atom stereocenters. The fraction of sp³-hybridized carbons (Fsp3) is 0.0952. The van der Waals surface area contributed by atoms with E-state index in [2.05, 4.69) is 166 Å². The van der Waals surface area contributed by atoms with Crippen LogP contribution in [0.5, 0.6) is 0 Å². The van der Waals surface area contributed by atoms with Crippen molar-refractivity contribution in [2.75, 3.05) is 0 Å². The van der Waals surface area contributed by atoms with E-state index in [1.807, 2.05) is 6.21 Å². The minimum absolute atomic E-state index is 0.632. The molecule has 0 radical (unpaired) electrons. The van der Waals surface area contributed by atoms with E-state index in [0.29, 0.717) is 6.42 Å². The number of hydrogen-bond acceptors (Lipinski definition) is 2. The van der Waals surface area contributed by atoms with Crippen LogP contribution in [0.2, 0.25) is 0 Å². The third kappa shape index (κ3) is 6.50. The van der Waals surface area contributed by atoms with E-state index in [0.717, 1.165) is 61.6 Å². The normalized spacial score (nSPS) is 11.7. The minimum atomic E-state index is 0.632. The van der Waals surface area contributed by atoms with Crippen LogP contribution in [0, 0.1) is 13.8 Å². The highest BCUT2D eigenvalue weighted by Gasteiger charge is 2.15. The van der Waals surface area contributed by atoms with Gasteiger partial charge >= 0.3 is 0 Å². The Kier molecular flexibility index (Phi) is 8.70. The van der Waals surface area contributed by atoms with Crippen molar-refractivity contribution in [1.82, 2.24) is 0 Å². The van der Waals surface area contributed by atoms with E-state index in [1.54, 1.807) is 0 Å². The van der Waals surface area contributed by atoms with Crippen LogP contribution in [0.4, 0.5) is 11.4 Å². The summed E-state index contributed by atoms with van der Waals surface area (Å²) in [6.45, 7) is 6.41. The average Bonchev–Trinajstić information content (AvgIpc) is 3.07. The Balaban J connectivity index is 1.42. The molecule has 6 rings (SSSR count). The number of aliphatic imine (C=N–C) groups is 2. The Hall–Kier alpha value is -5.34. The summed E-state index contributed by atoms with van der Waals surface area (Å²) < 4.78 is 0. The third-order valence-electron chi connectivity index (χ3n) is 7.76. The van der Waals surface area contributed by atoms with Crippen molar-refractivity contribution >= 4 is 23.3 Å². The molecule has 6 aromatic carbocycles. The molecule has 0 amide bonds. The fourth-order valence-corrected chi connectivity index (χ4v) is 5.67. The van der Waals surface area contributed by atoms with Gasteiger partial charge in [-0.1, -0.05) is 121 Å². The SMILES string of the molecule is CC(CC=Nc1c(-c2ccccc2)cc(C)cc1-c1ccccc1)=Nc1c(-c2ccccc2)cc(C)cc1-c1ccccc1. The van der Waals surface area contributed by atoms with Crippen molar-refractivity contribution in [3.05, 3.63) is 157 Å². The van der Waals surface area contributed by atoms with Crippen molar-refractivity contribution in [3.8, 4) is 44.5 Å². The molecular weight excluding hydrogens is 532 g/mol. The van der Waals surface area contributed by atoms with Gasteiger partial charge < -0.3 is 0 Å². The summed E-state index contributed by atoms with van der Waals surface area (Å²) in [5.41, 5.74) is 14.6. The van der Waals surface area contributed by atoms with Crippen LogP contribution >= 0.6 is 0 Å². The van der Waals surface area contributed by atoms with Crippen molar-refractivity contribution in [1.29, 1.82) is 0 Å². The maximum atomic E-state index is 5.28. The highest BCUT2D eigenvalue weighted by atomic mass is 14.8. The van der Waals surface area contributed by atoms with E-state index in [-0.39, 0.29) is 0 Å². The van der Waals surface area contributed by atoms with Crippen molar-refractivity contribution in [2.45, 2.75) is 27.2 Å². The Morgan fingerprint density at radius 2 is 0.795 bits per heavy atom. The predicted octanol–water partition coefficient (Wildman–Crippen LogP) is 11.9. The van der Waals surface area contributed by atoms with Crippen LogP contribution < -0.4 is 0 Å². The molecule has 0 N–H and O–H groups in total. The van der Waals surface area contributed by atoms with Crippen LogP contribution in [-0.2, 0) is 0 Å². The van der Waals surface area contributed by atoms with Crippen LogP contribution in [-0.4, -0.2) is 11.9 Å². The smallest absolute Gasteiger partial charge is 0.0785 e. The van der Waals surface area contributed by atoms with Crippen LogP contribution in [0.15, 0.2) is 156 Å². The van der Waals surface area contributed by atoms with Gasteiger partial charge in [0, 0.05) is 40.6 Å². The first-order valence-electron chi connectivity index (χ1n) is 15.1. The second-order valence-electron chi connectivity index (χ2n) is 11.2. The molecule has 0 heterocycles. The molecule has 0 aromatic heterocycles. The molecule has 0 saturated heterocycles. The maximum absolute atomic E-state index is 5.28. The van der Waals surface area contributed by atoms with E-state index < -0.39 is 0 Å². The van der Waals surface area contributed by atoms with Gasteiger partial charge in [-0.25, -0.2) is 0 Å². The molecule has 44 heavy (non-hydrogen) atoms. The van der Waals surface area contributed by atoms with Crippen molar-refractivity contribution < 1.29 is 0 Å². The molecule has 2 heteroatoms. The van der Waals surface area contributed by atoms with Crippen LogP contribution in [0.25, 0.3) is 44.5 Å². The van der Waals surface area contributed by atoms with Gasteiger partial charge in [-0.3, -0.25) is 9.98 Å². The van der Waals surface area contributed by atoms with E-state index in [9.17, 15) is 0 Å². The molecule has 0 bridgehead atoms. The zero-order chi connectivity index (χ0) is 30.3. The number of rotatable bonds is 8. The van der Waals surface area contributed by atoms with Gasteiger partial charge in [0.15, 0.2) is 0 Å². The molecule has 0 aliphatic carbocycles. The minimum Gasteiger partial charge on any atom is -0.260 e. The lowest BCUT2D eigenvalue weighted by molar-refractivity contribution is 1.38. The first kappa shape index (κ1) is 28.8. The lowest BCUT2D eigenvalue weighted by Crippen LogP contribution is -1.95. The molecule has 214 valence electrons. The van der Waals surface area contributed by atoms with Gasteiger partial charge in [0.2, 0.25) is 0 Å². The van der Waals surface area contributed by atoms with E-state index >= 15 is 0 Å². The number of aryl methyl sites for hydroxylation is 2. The average molecular weight is 569 g/mol. The number of benzene rings is 6. The highest BCUT2D eigenvalue weighted by molar-refractivity contribution is 6.01. The molecular formula is C42H36N2. The van der Waals surface area contributed by atoms with Gasteiger partial charge in [-0.15, -0.1) is 0 Å². The summed E-state index contributed by atoms with van der Waals surface area (Å²) in [6, 6.07) is 51.1. The van der Waals surface area contributed by atoms with Gasteiger partial charge in [-0.05, 0) is 78.4 Å². The second kappa shape index (κ2) is 13.3. The Morgan fingerprint density at radius 1 is 0.477 bits per heavy atom. The summed E-state index contributed by atoms with van der Waals surface area (Å²) in [5, 5.41) is 0. The highest BCUT2D eigenvalue weighted by Crippen LogP contribution is 2.42. The number of hydrogen-bond donors (Lipinski definition) is 0. The zero-order valence-corrected chi connectivity index (χ0v) is 25.5. The first-order chi connectivity index (χ1) is 21.6. The summed E-state index contributed by atoms with van der Waals surface area (Å²) in [6.07, 6.45) is 2.65. The van der Waals surface area contributed by atoms with E-state index in [1.165, 1.54) is 11.1 Å². The molecule has 0 unspecified atom stereocenters. The van der Waals surface area contributed by atoms with E-state index in [4.69, 9.17) is 9.98 Å². The molecule has 0 aliphatic rings. The molecule has 2 nitrogen and oxygen atoms in total. The van der Waals surface area contributed by atoms with Crippen LogP contribution in [0.3, 0.4) is 0 Å². The Morgan fingerprint density at radius 3 is 1.14 bits per heavy atom. The fourth-order valence-electron chi connectivity index (χ4n) is 5.67. The van der Waals surface area contributed by atoms with Crippen molar-refractivity contribution in [2.24, 2.45) is 9.98 Å². The monoisotopic (exact) mass is 568 g/mol. The Labute approximate surface area is 261 Å². The lowest BCUT2D eigenvalue weighted by atomic mass is 9.93. The first-order valence-corrected chi connectivity index (χ1v) is 15.1. The lowest BCUT2D eigenvalue weighted by Gasteiger charge is -2.15. The molecule has 6 aromatic rings. The summed E-state index contributed by atoms with van der Waals surface area (Å²) in [7, 11) is 0. The third-order valence-corrected chi connectivity index (χ3v) is 7.76. The zero-order valence-electron chi connectivity index (χ0n) is 25.5. The standard InChI is InChI=1S/C42H36N2/c1-30-26-37(33-16-8-4-9-17-33)41(38(27-30)34-18-10-5-11-19-34)43-25-24-32(3)44-42-39(35-20-12-6-13-21-35)28-31(2)29-40(42)36-22-14-7-15-23-36/h4-23,25-29H,24H2,1-3H3. The van der Waals surface area contributed by atoms with Gasteiger partial charge in [0.25, 0.3) is 0 Å². The molecule has 0 aliphatic heterocycles. The van der Waals surface area contributed by atoms with Gasteiger partial charge in [0.1, 0.15) is 0 Å². The maximum Gasteiger partial charge on any atom is 0.0785 e. The molecule has 0 saturated carbocycles. The quantitative estimate of drug-likeness (QED) is 0.163. The predicted molar refractivity (Wildman–Crippen MR) is 190 cm³/mol. The van der Waals surface area contributed by atoms with Crippen molar-refractivity contribution in [3.63, 3.8) is 0 Å². The van der Waals surface area contributed by atoms with Gasteiger partial charge in [-0.2, -0.15) is 0 Å². The summed E-state index contributed by atoms with van der Waals surface area (Å²) in [4.78, 5) is 10.4. The van der Waals surface area contributed by atoms with Crippen LogP contribution in [0.1, 0.15) is 24.5 Å². The topological polar surface area (TPSA) is 24.7 Å². The van der Waals surface area contributed by atoms with Gasteiger partial charge in [0.05, 0.1) is 11.4 Å². The largest absolute Gasteiger partial charge is 0.260 e. The number of nitrogens with zero attached hydrogens (tertiary/aromatic N) is 2. The summed E-state index contributed by atoms with van der Waals surface area (Å²) >= 11 is 0. The summed E-state index contributed by atoms with van der Waals surface area (Å²) in [5.74, 6) is 0.